The molecule has 4 aromatic heterocycles. The van der Waals surface area contributed by atoms with Gasteiger partial charge in [-0.15, -0.1) is 0 Å². The summed E-state index contributed by atoms with van der Waals surface area (Å²) in [5.41, 5.74) is 3.70. The predicted molar refractivity (Wildman–Crippen MR) is 460 cm³/mol. The van der Waals surface area contributed by atoms with Gasteiger partial charge in [0, 0.05) is 96.3 Å². The lowest BCUT2D eigenvalue weighted by Gasteiger charge is -2.37. The Morgan fingerprint density at radius 1 is 0.500 bits per heavy atom. The van der Waals surface area contributed by atoms with E-state index >= 15 is 0 Å². The Balaban J connectivity index is 0.000000180. The fraction of sp³-hybridized carbons (Fsp3) is 0.323. The number of aliphatic hydroxyl groups is 3. The van der Waals surface area contributed by atoms with Crippen molar-refractivity contribution in [1.82, 2.24) is 48.7 Å². The molecule has 0 spiro atoms. The number of amides is 1. The Kier molecular flexibility index (Phi) is 34.8. The van der Waals surface area contributed by atoms with Crippen molar-refractivity contribution in [1.29, 1.82) is 0 Å². The van der Waals surface area contributed by atoms with Gasteiger partial charge in [-0.1, -0.05) is 115 Å². The molecule has 0 fully saturated rings. The molecule has 8 aromatic carbocycles. The monoisotopic (exact) mass is 1840 g/mol. The minimum atomic E-state index is -4.67. The number of aromatic nitrogens is 6. The van der Waals surface area contributed by atoms with Gasteiger partial charge in [-0.3, -0.25) is 29.5 Å². The molecule has 34 heteroatoms. The zero-order chi connectivity index (χ0) is 94.2. The molecule has 18 nitrogen and oxygen atoms in total. The molecule has 0 saturated heterocycles. The van der Waals surface area contributed by atoms with Gasteiger partial charge in [0.2, 0.25) is 0 Å². The molecule has 13 rings (SSSR count). The van der Waals surface area contributed by atoms with Crippen molar-refractivity contribution < 1.29 is 105 Å². The number of alkyl halides is 15. The van der Waals surface area contributed by atoms with E-state index in [0.717, 1.165) is 126 Å². The minimum Gasteiger partial charge on any atom is -0.494 e. The first-order valence-corrected chi connectivity index (χ1v) is 41.4. The first-order valence-electron chi connectivity index (χ1n) is 41.0. The van der Waals surface area contributed by atoms with Crippen molar-refractivity contribution in [2.75, 3.05) is 59.2 Å². The number of benzene rings is 8. The normalized spacial score (nSPS) is 14.5. The van der Waals surface area contributed by atoms with Crippen LogP contribution in [0.4, 0.5) is 65.9 Å². The number of aliphatic hydroxyl groups excluding tert-OH is 1. The lowest BCUT2D eigenvalue weighted by molar-refractivity contribution is -0.192. The van der Waals surface area contributed by atoms with Gasteiger partial charge in [-0.2, -0.15) is 65.9 Å². The third-order valence-electron chi connectivity index (χ3n) is 20.9. The van der Waals surface area contributed by atoms with E-state index in [1.54, 1.807) is 86.4 Å². The highest BCUT2D eigenvalue weighted by Crippen LogP contribution is 2.41. The van der Waals surface area contributed by atoms with Crippen LogP contribution in [0.2, 0.25) is 5.02 Å². The first kappa shape index (κ1) is 100. The summed E-state index contributed by atoms with van der Waals surface area (Å²) in [6, 6.07) is 52.6. The summed E-state index contributed by atoms with van der Waals surface area (Å²) in [6.45, 7) is 9.44. The van der Waals surface area contributed by atoms with Gasteiger partial charge in [0.15, 0.2) is 0 Å². The van der Waals surface area contributed by atoms with Crippen LogP contribution in [0.5, 0.6) is 23.0 Å². The minimum absolute atomic E-state index is 0.0575. The Morgan fingerprint density at radius 2 is 0.969 bits per heavy atom. The van der Waals surface area contributed by atoms with Crippen LogP contribution in [0.25, 0.3) is 0 Å². The highest BCUT2D eigenvalue weighted by molar-refractivity contribution is 6.31. The largest absolute Gasteiger partial charge is 0.494 e. The molecule has 5 atom stereocenters. The van der Waals surface area contributed by atoms with Crippen molar-refractivity contribution >= 4 is 17.5 Å². The van der Waals surface area contributed by atoms with Crippen LogP contribution in [-0.4, -0.2) is 153 Å². The van der Waals surface area contributed by atoms with Gasteiger partial charge >= 0.3 is 30.9 Å². The van der Waals surface area contributed by atoms with E-state index < -0.39 is 89.6 Å². The number of halogens is 16. The van der Waals surface area contributed by atoms with Crippen LogP contribution in [0.15, 0.2) is 268 Å². The average molecular weight is 1840 g/mol. The summed E-state index contributed by atoms with van der Waals surface area (Å²) in [5, 5.41) is 32.9. The second-order valence-electron chi connectivity index (χ2n) is 31.8. The number of hydrogen-bond donors (Lipinski definition) is 3. The second-order valence-corrected chi connectivity index (χ2v) is 32.2. The van der Waals surface area contributed by atoms with E-state index in [4.69, 9.17) is 30.5 Å². The zero-order valence-corrected chi connectivity index (χ0v) is 72.4. The summed E-state index contributed by atoms with van der Waals surface area (Å²) in [7, 11) is 3.69. The number of carbonyl (C=O) groups is 1. The summed E-state index contributed by atoms with van der Waals surface area (Å²) >= 11 is 6.26. The van der Waals surface area contributed by atoms with Crippen LogP contribution in [-0.2, 0) is 71.4 Å². The number of fused-ring (bicyclic) bond motifs is 1. The van der Waals surface area contributed by atoms with Gasteiger partial charge in [0.25, 0.3) is 5.91 Å². The molecule has 12 aromatic rings. The molecule has 0 radical (unpaired) electrons. The number of ether oxygens (including phenoxy) is 4. The fourth-order valence-electron chi connectivity index (χ4n) is 14.3. The number of nitrogens with zero attached hydrogens (tertiary/aromatic N) is 10. The zero-order valence-electron chi connectivity index (χ0n) is 71.6. The molecule has 4 unspecified atom stereocenters. The van der Waals surface area contributed by atoms with Crippen LogP contribution in [0.3, 0.4) is 0 Å². The van der Waals surface area contributed by atoms with Crippen molar-refractivity contribution in [2.45, 2.75) is 127 Å². The molecular weight excluding hydrogens is 1740 g/mol. The van der Waals surface area contributed by atoms with E-state index in [2.05, 4.69) is 64.6 Å². The third kappa shape index (κ3) is 30.4. The highest BCUT2D eigenvalue weighted by Gasteiger charge is 2.46. The highest BCUT2D eigenvalue weighted by atomic mass is 35.5. The Bertz CT molecular complexity index is 5500. The van der Waals surface area contributed by atoms with E-state index in [9.17, 15) is 86.0 Å². The van der Waals surface area contributed by atoms with Crippen LogP contribution in [0.1, 0.15) is 121 Å². The van der Waals surface area contributed by atoms with Crippen LogP contribution >= 0.6 is 11.6 Å². The summed E-state index contributed by atoms with van der Waals surface area (Å²) in [6.07, 6.45) is -9.28. The summed E-state index contributed by atoms with van der Waals surface area (Å²) < 4.78 is 221. The van der Waals surface area contributed by atoms with E-state index in [1.807, 2.05) is 56.8 Å². The Morgan fingerprint density at radius 3 is 1.45 bits per heavy atom. The summed E-state index contributed by atoms with van der Waals surface area (Å²) in [4.78, 5) is 36.5. The molecule has 0 aliphatic carbocycles. The van der Waals surface area contributed by atoms with Gasteiger partial charge < -0.3 is 48.3 Å². The number of carbonyl (C=O) groups excluding carboxylic acids is 1. The van der Waals surface area contributed by atoms with Crippen molar-refractivity contribution in [3.63, 3.8) is 0 Å². The lowest BCUT2D eigenvalue weighted by Crippen LogP contribution is -2.47. The lowest BCUT2D eigenvalue weighted by atomic mass is 9.90. The number of aryl methyl sites for hydroxylation is 4. The summed E-state index contributed by atoms with van der Waals surface area (Å²) in [5.74, 6) is 0.580. The maximum Gasteiger partial charge on any atom is 0.416 e. The van der Waals surface area contributed by atoms with Crippen LogP contribution < -0.4 is 18.9 Å². The molecule has 1 amide bonds. The van der Waals surface area contributed by atoms with Crippen molar-refractivity contribution in [3.8, 4) is 23.0 Å². The SMILES string of the molecule is Cc1ccccc1CN(CC(O)COc1ccc(C(F)(F)F)cc1)[C@@H](c1cccnc1)C(F)(F)F.Cc1ccccc1CN(Cc1cccnc1)CC(C)(O)COc1ccc(C(F)(F)F)cc1.Cn1cncc1C(=O)N(Cc1ccccc1Cl)CC(C)(O)COc1ccc(C(F)(F)F)cc1.Cn1cncc1C1c2ccccc2CCN1CCCOc1ccc(C(F)(F)F)cc1. The number of imidazole rings is 2. The maximum atomic E-state index is 14.2. The van der Waals surface area contributed by atoms with Gasteiger partial charge in [-0.05, 0) is 206 Å². The smallest absolute Gasteiger partial charge is 0.416 e. The number of hydrogen-bond acceptors (Lipinski definition) is 15. The molecule has 5 heterocycles. The van der Waals surface area contributed by atoms with Crippen molar-refractivity contribution in [2.24, 2.45) is 14.1 Å². The van der Waals surface area contributed by atoms with E-state index in [1.165, 1.54) is 90.2 Å². The standard InChI is InChI=1S/C25H24F6N2O2.C25H27F3N2O2.C23H23ClF3N3O3.C23H24F3N3O/c1-17-5-2-3-6-19(17)14-33(23(25(29,30)31)18-7-4-12-32-13-18)15-21(34)16-35-22-10-8-20(9-11-22)24(26,27)28;1-19-6-3-4-8-21(19)16-30(15-20-7-5-13-29-14-20)17-24(2,31)18-32-23-11-9-22(10-12-23)25(26,27)28;1-22(32,14-33-18-9-7-17(8-10-18)23(25,26)27)13-30(12-16-5-3-4-6-19(16)24)21(31)20-11-28-15-29(20)2;1-28-16-27-15-21(28)22-20-6-3-2-5-17(20)11-13-29(22)12-4-14-30-19-9-7-18(8-10-19)23(24,25)26/h2-13,21,23,34H,14-16H2,1H3;3-14,31H,15-18H2,1-2H3;3-11,15,32H,12-14H2,1-2H3;2-3,5-10,15-16,22H,4,11-14H2,1H3/t21?,23-;;;/m0.../s1. The van der Waals surface area contributed by atoms with Crippen LogP contribution in [0, 0.1) is 13.8 Å². The third-order valence-corrected chi connectivity index (χ3v) is 21.3. The molecule has 692 valence electrons. The fourth-order valence-corrected chi connectivity index (χ4v) is 14.5. The Labute approximate surface area is 747 Å². The first-order chi connectivity index (χ1) is 61.5. The molecular formula is C96H98ClF15N10O8. The quantitative estimate of drug-likeness (QED) is 0.0267. The molecule has 1 aliphatic rings. The van der Waals surface area contributed by atoms with E-state index in [-0.39, 0.29) is 67.6 Å². The predicted octanol–water partition coefficient (Wildman–Crippen LogP) is 20.6. The Hall–Kier alpha value is -11.9. The van der Waals surface area contributed by atoms with E-state index in [0.29, 0.717) is 53.8 Å². The van der Waals surface area contributed by atoms with Gasteiger partial charge in [0.1, 0.15) is 71.9 Å². The number of pyridine rings is 2. The molecule has 1 aliphatic heterocycles. The molecule has 0 saturated carbocycles. The molecule has 0 bridgehead atoms. The van der Waals surface area contributed by atoms with Gasteiger partial charge in [-0.25, -0.2) is 9.97 Å². The second kappa shape index (κ2) is 45.1. The molecule has 130 heavy (non-hydrogen) atoms. The number of rotatable bonds is 32. The van der Waals surface area contributed by atoms with Gasteiger partial charge in [0.05, 0.1) is 72.2 Å². The molecule has 3 N–H and O–H groups in total. The average Bonchev–Trinajstić information content (AvgIpc) is 1.44. The topological polar surface area (TPSA) is 189 Å². The maximum absolute atomic E-state index is 14.2. The van der Waals surface area contributed by atoms with Crippen molar-refractivity contribution in [3.05, 3.63) is 357 Å².